The van der Waals surface area contributed by atoms with Crippen LogP contribution in [0, 0.1) is 0 Å². The second-order valence-electron chi connectivity index (χ2n) is 6.24. The molecule has 5 nitrogen and oxygen atoms in total. The molecule has 142 valence electrons. The summed E-state index contributed by atoms with van der Waals surface area (Å²) in [4.78, 5) is 25.0. The van der Waals surface area contributed by atoms with E-state index in [0.717, 1.165) is 29.2 Å². The largest absolute Gasteiger partial charge is 0.463 e. The zero-order valence-corrected chi connectivity index (χ0v) is 16.0. The minimum Gasteiger partial charge on any atom is -0.463 e. The molecule has 0 aliphatic rings. The minimum atomic E-state index is -0.492. The van der Waals surface area contributed by atoms with Crippen molar-refractivity contribution in [3.8, 4) is 0 Å². The van der Waals surface area contributed by atoms with Gasteiger partial charge in [0.05, 0.1) is 6.61 Å². The fourth-order valence-electron chi connectivity index (χ4n) is 2.30. The zero-order valence-electron chi connectivity index (χ0n) is 16.0. The molecule has 0 saturated heterocycles. The molecule has 0 fully saturated rings. The quantitative estimate of drug-likeness (QED) is 0.232. The highest BCUT2D eigenvalue weighted by Gasteiger charge is 2.11. The third kappa shape index (κ3) is 6.29. The third-order valence-corrected chi connectivity index (χ3v) is 3.82. The van der Waals surface area contributed by atoms with Gasteiger partial charge in [-0.25, -0.2) is 9.59 Å². The van der Waals surface area contributed by atoms with Crippen molar-refractivity contribution in [3.63, 3.8) is 0 Å². The molecule has 2 aromatic carbocycles. The van der Waals surface area contributed by atoms with Gasteiger partial charge in [-0.15, -0.1) is 0 Å². The first-order valence-electron chi connectivity index (χ1n) is 8.94. The Kier molecular flexibility index (Phi) is 7.62. The number of carbonyl (C=O) groups excluding carboxylic acids is 2. The van der Waals surface area contributed by atoms with E-state index in [1.54, 1.807) is 20.2 Å². The maximum atomic E-state index is 12.0. The van der Waals surface area contributed by atoms with Gasteiger partial charge in [-0.05, 0) is 29.3 Å². The smallest absolute Gasteiger partial charge is 0.414 e. The number of ether oxygens (including phenoxy) is 2. The summed E-state index contributed by atoms with van der Waals surface area (Å²) in [6.07, 6.45) is 5.74. The molecule has 2 aromatic rings. The van der Waals surface area contributed by atoms with E-state index in [0.29, 0.717) is 12.4 Å². The average Bonchev–Trinajstić information content (AvgIpc) is 2.66. The van der Waals surface area contributed by atoms with E-state index >= 15 is 0 Å². The van der Waals surface area contributed by atoms with Crippen molar-refractivity contribution in [1.82, 2.24) is 4.90 Å². The topological polar surface area (TPSA) is 55.8 Å². The standard InChI is InChI=1S/C22H25NO4/c1-4-5-15-26-21(24)12-8-11-20(27-22(25)23(2)3)19-14-13-17-9-6-7-10-18(17)16-19/h6-14,16H,4-5,15H2,1-3H3/b12-8+,20-11-. The van der Waals surface area contributed by atoms with Gasteiger partial charge in [0.25, 0.3) is 0 Å². The van der Waals surface area contributed by atoms with E-state index in [9.17, 15) is 9.59 Å². The maximum Gasteiger partial charge on any atom is 0.414 e. The highest BCUT2D eigenvalue weighted by atomic mass is 16.6. The molecular weight excluding hydrogens is 342 g/mol. The molecule has 0 saturated carbocycles. The first kappa shape index (κ1) is 20.2. The van der Waals surface area contributed by atoms with Gasteiger partial charge >= 0.3 is 12.1 Å². The van der Waals surface area contributed by atoms with Crippen LogP contribution in [0.4, 0.5) is 4.79 Å². The Hall–Kier alpha value is -3.08. The van der Waals surface area contributed by atoms with Crippen LogP contribution in [0.25, 0.3) is 16.5 Å². The Morgan fingerprint density at radius 3 is 2.52 bits per heavy atom. The molecule has 0 aromatic heterocycles. The van der Waals surface area contributed by atoms with E-state index in [1.165, 1.54) is 17.1 Å². The number of unbranched alkanes of at least 4 members (excludes halogenated alkanes) is 1. The highest BCUT2D eigenvalue weighted by molar-refractivity contribution is 5.87. The van der Waals surface area contributed by atoms with Crippen molar-refractivity contribution in [2.24, 2.45) is 0 Å². The van der Waals surface area contributed by atoms with Gasteiger partial charge in [0.15, 0.2) is 0 Å². The van der Waals surface area contributed by atoms with Crippen LogP contribution in [-0.2, 0) is 14.3 Å². The number of amides is 1. The first-order chi connectivity index (χ1) is 13.0. The maximum absolute atomic E-state index is 12.0. The van der Waals surface area contributed by atoms with Gasteiger partial charge < -0.3 is 14.4 Å². The number of nitrogens with zero attached hydrogens (tertiary/aromatic N) is 1. The van der Waals surface area contributed by atoms with Crippen molar-refractivity contribution in [1.29, 1.82) is 0 Å². The number of benzene rings is 2. The molecular formula is C22H25NO4. The lowest BCUT2D eigenvalue weighted by atomic mass is 10.1. The van der Waals surface area contributed by atoms with Gasteiger partial charge in [-0.1, -0.05) is 55.8 Å². The molecule has 0 aliphatic carbocycles. The Labute approximate surface area is 159 Å². The number of esters is 1. The predicted molar refractivity (Wildman–Crippen MR) is 107 cm³/mol. The summed E-state index contributed by atoms with van der Waals surface area (Å²) in [6, 6.07) is 13.7. The van der Waals surface area contributed by atoms with E-state index in [2.05, 4.69) is 0 Å². The number of fused-ring (bicyclic) bond motifs is 1. The lowest BCUT2D eigenvalue weighted by molar-refractivity contribution is -0.137. The number of hydrogen-bond donors (Lipinski definition) is 0. The predicted octanol–water partition coefficient (Wildman–Crippen LogP) is 4.78. The van der Waals surface area contributed by atoms with Crippen molar-refractivity contribution in [2.75, 3.05) is 20.7 Å². The van der Waals surface area contributed by atoms with Gasteiger partial charge in [-0.2, -0.15) is 0 Å². The number of carbonyl (C=O) groups is 2. The van der Waals surface area contributed by atoms with Crippen LogP contribution < -0.4 is 0 Å². The van der Waals surface area contributed by atoms with E-state index in [1.807, 2.05) is 49.4 Å². The molecule has 0 atom stereocenters. The monoisotopic (exact) mass is 367 g/mol. The Balaban J connectivity index is 2.24. The summed E-state index contributed by atoms with van der Waals surface area (Å²) in [5, 5.41) is 2.12. The summed E-state index contributed by atoms with van der Waals surface area (Å²) in [5.74, 6) is -0.0615. The van der Waals surface area contributed by atoms with Crippen molar-refractivity contribution in [3.05, 3.63) is 66.3 Å². The molecule has 2 rings (SSSR count). The van der Waals surface area contributed by atoms with Crippen LogP contribution >= 0.6 is 0 Å². The van der Waals surface area contributed by atoms with Crippen LogP contribution in [-0.4, -0.2) is 37.7 Å². The lowest BCUT2D eigenvalue weighted by Crippen LogP contribution is -2.22. The molecule has 5 heteroatoms. The molecule has 27 heavy (non-hydrogen) atoms. The van der Waals surface area contributed by atoms with Gasteiger partial charge in [-0.3, -0.25) is 0 Å². The summed E-state index contributed by atoms with van der Waals surface area (Å²) < 4.78 is 10.5. The second kappa shape index (κ2) is 10.2. The highest BCUT2D eigenvalue weighted by Crippen LogP contribution is 2.23. The Morgan fingerprint density at radius 1 is 1.07 bits per heavy atom. The molecule has 1 amide bonds. The number of allylic oxidation sites excluding steroid dienone is 2. The zero-order chi connectivity index (χ0) is 19.6. The van der Waals surface area contributed by atoms with Crippen LogP contribution in [0.15, 0.2) is 60.7 Å². The van der Waals surface area contributed by atoms with E-state index in [4.69, 9.17) is 9.47 Å². The molecule has 0 N–H and O–H groups in total. The first-order valence-corrected chi connectivity index (χ1v) is 8.94. The van der Waals surface area contributed by atoms with Crippen LogP contribution in [0.1, 0.15) is 25.3 Å². The van der Waals surface area contributed by atoms with Crippen molar-refractivity contribution >= 4 is 28.6 Å². The molecule has 0 spiro atoms. The fourth-order valence-corrected chi connectivity index (χ4v) is 2.30. The van der Waals surface area contributed by atoms with Gasteiger partial charge in [0, 0.05) is 25.7 Å². The van der Waals surface area contributed by atoms with Gasteiger partial charge in [0.1, 0.15) is 5.76 Å². The number of hydrogen-bond acceptors (Lipinski definition) is 4. The van der Waals surface area contributed by atoms with E-state index in [-0.39, 0.29) is 0 Å². The average molecular weight is 367 g/mol. The second-order valence-corrected chi connectivity index (χ2v) is 6.24. The van der Waals surface area contributed by atoms with Crippen molar-refractivity contribution in [2.45, 2.75) is 19.8 Å². The molecule has 0 heterocycles. The Morgan fingerprint density at radius 2 is 1.81 bits per heavy atom. The fraction of sp³-hybridized carbons (Fsp3) is 0.273. The minimum absolute atomic E-state index is 0.358. The van der Waals surface area contributed by atoms with E-state index < -0.39 is 12.1 Å². The molecule has 0 unspecified atom stereocenters. The molecule has 0 bridgehead atoms. The number of rotatable bonds is 7. The van der Waals surface area contributed by atoms with Crippen LogP contribution in [0.5, 0.6) is 0 Å². The summed E-state index contributed by atoms with van der Waals surface area (Å²) in [7, 11) is 3.22. The Bertz CT molecular complexity index is 852. The van der Waals surface area contributed by atoms with Gasteiger partial charge in [0.2, 0.25) is 0 Å². The molecule has 0 radical (unpaired) electrons. The lowest BCUT2D eigenvalue weighted by Gasteiger charge is -2.14. The van der Waals surface area contributed by atoms with Crippen LogP contribution in [0.2, 0.25) is 0 Å². The van der Waals surface area contributed by atoms with Crippen molar-refractivity contribution < 1.29 is 19.1 Å². The SMILES string of the molecule is CCCCOC(=O)/C=C/C=C(\OC(=O)N(C)C)c1ccc2ccccc2c1. The molecule has 0 aliphatic heterocycles. The summed E-state index contributed by atoms with van der Waals surface area (Å²) in [5.41, 5.74) is 0.743. The van der Waals surface area contributed by atoms with Crippen LogP contribution in [0.3, 0.4) is 0 Å². The third-order valence-electron chi connectivity index (χ3n) is 3.82. The summed E-state index contributed by atoms with van der Waals surface area (Å²) in [6.45, 7) is 2.43. The summed E-state index contributed by atoms with van der Waals surface area (Å²) >= 11 is 0. The normalized spacial score (nSPS) is 11.6.